The van der Waals surface area contributed by atoms with Crippen LogP contribution >= 0.6 is 11.6 Å². The molecule has 1 aliphatic heterocycles. The van der Waals surface area contributed by atoms with Crippen molar-refractivity contribution in [3.63, 3.8) is 0 Å². The summed E-state index contributed by atoms with van der Waals surface area (Å²) < 4.78 is 12.0. The summed E-state index contributed by atoms with van der Waals surface area (Å²) in [6.45, 7) is 4.94. The van der Waals surface area contributed by atoms with Crippen LogP contribution < -0.4 is 25.8 Å². The number of halogens is 1. The maximum absolute atomic E-state index is 12.1. The third kappa shape index (κ3) is 6.35. The van der Waals surface area contributed by atoms with Crippen LogP contribution in [0, 0.1) is 5.92 Å². The predicted molar refractivity (Wildman–Crippen MR) is 140 cm³/mol. The lowest BCUT2D eigenvalue weighted by molar-refractivity contribution is 0.0993. The zero-order valence-electron chi connectivity index (χ0n) is 20.3. The fourth-order valence-corrected chi connectivity index (χ4v) is 4.23. The first-order valence-corrected chi connectivity index (χ1v) is 12.3. The van der Waals surface area contributed by atoms with E-state index in [4.69, 9.17) is 26.8 Å². The Morgan fingerprint density at radius 2 is 1.89 bits per heavy atom. The number of nitrogens with one attached hydrogen (secondary N) is 2. The number of fused-ring (bicyclic) bond motifs is 1. The van der Waals surface area contributed by atoms with E-state index in [1.54, 1.807) is 42.5 Å². The Hall–Kier alpha value is -3.56. The Morgan fingerprint density at radius 3 is 2.56 bits per heavy atom. The van der Waals surface area contributed by atoms with Crippen molar-refractivity contribution in [2.45, 2.75) is 19.8 Å². The van der Waals surface area contributed by atoms with Gasteiger partial charge in [0.05, 0.1) is 17.7 Å². The Balaban J connectivity index is 1.53. The van der Waals surface area contributed by atoms with E-state index in [1.807, 2.05) is 6.92 Å². The second-order valence-corrected chi connectivity index (χ2v) is 9.26. The molecule has 2 aromatic carbocycles. The van der Waals surface area contributed by atoms with E-state index in [2.05, 4.69) is 27.6 Å². The molecule has 190 valence electrons. The maximum Gasteiger partial charge on any atom is 0.319 e. The van der Waals surface area contributed by atoms with Gasteiger partial charge in [0.25, 0.3) is 5.91 Å². The summed E-state index contributed by atoms with van der Waals surface area (Å²) in [5, 5.41) is 6.32. The van der Waals surface area contributed by atoms with Crippen LogP contribution in [0.25, 0.3) is 10.9 Å². The van der Waals surface area contributed by atoms with Crippen LogP contribution in [0.3, 0.4) is 0 Å². The number of hydrogen-bond acceptors (Lipinski definition) is 6. The topological polar surface area (TPSA) is 119 Å². The van der Waals surface area contributed by atoms with Gasteiger partial charge in [-0.25, -0.2) is 9.78 Å². The van der Waals surface area contributed by atoms with Crippen LogP contribution in [-0.2, 0) is 0 Å². The normalized spacial score (nSPS) is 14.4. The smallest absolute Gasteiger partial charge is 0.319 e. The summed E-state index contributed by atoms with van der Waals surface area (Å²) in [4.78, 5) is 30.6. The van der Waals surface area contributed by atoms with E-state index in [9.17, 15) is 9.59 Å². The largest absolute Gasteiger partial charge is 0.492 e. The molecule has 0 unspecified atom stereocenters. The highest BCUT2D eigenvalue weighted by Gasteiger charge is 2.20. The molecular weight excluding hydrogens is 482 g/mol. The number of ether oxygens (including phenoxy) is 2. The predicted octanol–water partition coefficient (Wildman–Crippen LogP) is 4.64. The quantitative estimate of drug-likeness (QED) is 0.405. The number of pyridine rings is 1. The maximum atomic E-state index is 12.1. The van der Waals surface area contributed by atoms with Gasteiger partial charge < -0.3 is 30.7 Å². The summed E-state index contributed by atoms with van der Waals surface area (Å²) >= 11 is 6.43. The monoisotopic (exact) mass is 511 g/mol. The third-order valence-corrected chi connectivity index (χ3v) is 6.35. The van der Waals surface area contributed by atoms with Crippen molar-refractivity contribution in [1.29, 1.82) is 0 Å². The first-order valence-electron chi connectivity index (χ1n) is 11.9. The van der Waals surface area contributed by atoms with Gasteiger partial charge in [-0.05, 0) is 82.2 Å². The molecule has 0 bridgehead atoms. The van der Waals surface area contributed by atoms with Crippen molar-refractivity contribution < 1.29 is 19.1 Å². The number of primary amides is 1. The molecule has 4 N–H and O–H groups in total. The third-order valence-electron chi connectivity index (χ3n) is 6.08. The van der Waals surface area contributed by atoms with E-state index in [-0.39, 0.29) is 22.5 Å². The van der Waals surface area contributed by atoms with Gasteiger partial charge in [-0.3, -0.25) is 4.79 Å². The van der Waals surface area contributed by atoms with Crippen molar-refractivity contribution >= 4 is 40.1 Å². The van der Waals surface area contributed by atoms with Crippen LogP contribution in [0.1, 0.15) is 30.1 Å². The number of urea groups is 1. The van der Waals surface area contributed by atoms with Crippen LogP contribution in [0.2, 0.25) is 5.02 Å². The van der Waals surface area contributed by atoms with Gasteiger partial charge in [-0.2, -0.15) is 0 Å². The van der Waals surface area contributed by atoms with Gasteiger partial charge in [-0.15, -0.1) is 0 Å². The Bertz CT molecular complexity index is 1240. The average molecular weight is 512 g/mol. The molecule has 2 heterocycles. The van der Waals surface area contributed by atoms with Gasteiger partial charge in [-0.1, -0.05) is 11.6 Å². The Labute approximate surface area is 214 Å². The molecular formula is C26H30ClN5O4. The van der Waals surface area contributed by atoms with Crippen LogP contribution in [0.4, 0.5) is 10.5 Å². The number of carbonyl (C=O) groups is 2. The second-order valence-electron chi connectivity index (χ2n) is 8.85. The number of nitrogens with zero attached hydrogens (tertiary/aromatic N) is 2. The van der Waals surface area contributed by atoms with Crippen molar-refractivity contribution in [1.82, 2.24) is 15.2 Å². The molecule has 0 radical (unpaired) electrons. The average Bonchev–Trinajstić information content (AvgIpc) is 2.85. The molecule has 3 amide bonds. The molecule has 4 rings (SSSR count). The molecule has 1 saturated heterocycles. The highest BCUT2D eigenvalue weighted by Crippen LogP contribution is 2.34. The minimum atomic E-state index is -0.576. The fourth-order valence-electron chi connectivity index (χ4n) is 4.03. The van der Waals surface area contributed by atoms with Gasteiger partial charge in [0.15, 0.2) is 0 Å². The summed E-state index contributed by atoms with van der Waals surface area (Å²) in [6, 6.07) is 11.6. The molecule has 0 aliphatic carbocycles. The van der Waals surface area contributed by atoms with E-state index >= 15 is 0 Å². The van der Waals surface area contributed by atoms with Crippen molar-refractivity contribution in [3.8, 4) is 17.4 Å². The number of likely N-dealkylation sites (tertiary alicyclic amines) is 1. The summed E-state index contributed by atoms with van der Waals surface area (Å²) in [5.74, 6) is 0.947. The molecule has 0 saturated carbocycles. The van der Waals surface area contributed by atoms with Crippen LogP contribution in [-0.4, -0.2) is 55.1 Å². The zero-order chi connectivity index (χ0) is 25.7. The molecule has 1 fully saturated rings. The standard InChI is InChI=1S/C26H30ClN5O4/c1-3-29-26(34)30-18-4-6-19(7-5-18)36-25-21(27)13-17-12-20(24(28)33)23(14-22(17)31-25)35-15-16-8-10-32(2)11-9-16/h4-7,12-14,16H,3,8-11,15H2,1-2H3,(H2,28,33)(H2,29,30,34). The minimum Gasteiger partial charge on any atom is -0.492 e. The minimum absolute atomic E-state index is 0.210. The number of anilines is 1. The summed E-state index contributed by atoms with van der Waals surface area (Å²) in [7, 11) is 2.11. The SMILES string of the molecule is CCNC(=O)Nc1ccc(Oc2nc3cc(OCC4CCN(C)CC4)c(C(N)=O)cc3cc2Cl)cc1. The van der Waals surface area contributed by atoms with E-state index < -0.39 is 5.91 Å². The van der Waals surface area contributed by atoms with Gasteiger partial charge >= 0.3 is 6.03 Å². The van der Waals surface area contributed by atoms with Gasteiger partial charge in [0.1, 0.15) is 16.5 Å². The second kappa shape index (κ2) is 11.5. The van der Waals surface area contributed by atoms with Crippen LogP contribution in [0.15, 0.2) is 42.5 Å². The van der Waals surface area contributed by atoms with Gasteiger partial charge in [0, 0.05) is 23.7 Å². The van der Waals surface area contributed by atoms with E-state index in [0.29, 0.717) is 47.2 Å². The number of carbonyl (C=O) groups excluding carboxylic acids is 2. The first-order chi connectivity index (χ1) is 17.3. The molecule has 9 nitrogen and oxygen atoms in total. The highest BCUT2D eigenvalue weighted by atomic mass is 35.5. The van der Waals surface area contributed by atoms with E-state index in [1.165, 1.54) is 0 Å². The lowest BCUT2D eigenvalue weighted by atomic mass is 9.98. The number of rotatable bonds is 8. The molecule has 0 atom stereocenters. The number of hydrogen-bond donors (Lipinski definition) is 3. The molecule has 36 heavy (non-hydrogen) atoms. The zero-order valence-corrected chi connectivity index (χ0v) is 21.1. The van der Waals surface area contributed by atoms with E-state index in [0.717, 1.165) is 25.9 Å². The molecule has 0 spiro atoms. The highest BCUT2D eigenvalue weighted by molar-refractivity contribution is 6.32. The van der Waals surface area contributed by atoms with Crippen molar-refractivity contribution in [3.05, 3.63) is 53.1 Å². The summed E-state index contributed by atoms with van der Waals surface area (Å²) in [6.07, 6.45) is 2.08. The number of piperidine rings is 1. The summed E-state index contributed by atoms with van der Waals surface area (Å²) in [5.41, 5.74) is 7.10. The molecule has 1 aliphatic rings. The lowest BCUT2D eigenvalue weighted by Crippen LogP contribution is -2.32. The number of benzene rings is 2. The number of aromatic nitrogens is 1. The fraction of sp³-hybridized carbons (Fsp3) is 0.346. The first kappa shape index (κ1) is 25.5. The van der Waals surface area contributed by atoms with Crippen molar-refractivity contribution in [2.24, 2.45) is 11.7 Å². The molecule has 1 aromatic heterocycles. The molecule has 3 aromatic rings. The Kier molecular flexibility index (Phi) is 8.12. The van der Waals surface area contributed by atoms with Gasteiger partial charge in [0.2, 0.25) is 5.88 Å². The number of amides is 3. The molecule has 10 heteroatoms. The van der Waals surface area contributed by atoms with Crippen molar-refractivity contribution in [2.75, 3.05) is 38.6 Å². The van der Waals surface area contributed by atoms with Crippen LogP contribution in [0.5, 0.6) is 17.4 Å². The number of nitrogens with two attached hydrogens (primary N) is 1. The Morgan fingerprint density at radius 1 is 1.17 bits per heavy atom. The lowest BCUT2D eigenvalue weighted by Gasteiger charge is -2.28.